The van der Waals surface area contributed by atoms with Gasteiger partial charge in [0.15, 0.2) is 0 Å². The Morgan fingerprint density at radius 1 is 0.735 bits per heavy atom. The molecule has 5 rings (SSSR count). The van der Waals surface area contributed by atoms with Crippen molar-refractivity contribution in [2.24, 2.45) is 0 Å². The topological polar surface area (TPSA) is 47.1 Å². The van der Waals surface area contributed by atoms with Gasteiger partial charge in [0.2, 0.25) is 0 Å². The maximum atomic E-state index is 13.8. The number of rotatable bonds is 6. The second-order valence-corrected chi connectivity index (χ2v) is 9.48. The first kappa shape index (κ1) is 22.8. The number of piperidine rings is 1. The molecule has 2 amide bonds. The van der Waals surface area contributed by atoms with Crippen LogP contribution < -0.4 is 0 Å². The lowest BCUT2D eigenvalue weighted by Crippen LogP contribution is -2.50. The minimum absolute atomic E-state index is 0.0415. The van der Waals surface area contributed by atoms with Crippen molar-refractivity contribution in [2.75, 3.05) is 45.8 Å². The van der Waals surface area contributed by atoms with Gasteiger partial charge in [-0.05, 0) is 30.5 Å². The van der Waals surface area contributed by atoms with Gasteiger partial charge >= 0.3 is 0 Å². The lowest BCUT2D eigenvalue weighted by molar-refractivity contribution is -0.141. The van der Waals surface area contributed by atoms with E-state index in [1.165, 1.54) is 5.56 Å². The molecule has 6 heteroatoms. The number of likely N-dealkylation sites (tertiary alicyclic amines) is 1. The van der Waals surface area contributed by atoms with Crippen LogP contribution >= 0.6 is 0 Å². The fourth-order valence-corrected chi connectivity index (χ4v) is 5.49. The van der Waals surface area contributed by atoms with Crippen LogP contribution in [0.15, 0.2) is 66.4 Å². The van der Waals surface area contributed by atoms with E-state index in [1.807, 2.05) is 36.4 Å². The molecule has 34 heavy (non-hydrogen) atoms. The van der Waals surface area contributed by atoms with Crippen LogP contribution in [-0.2, 0) is 16.1 Å². The van der Waals surface area contributed by atoms with E-state index in [2.05, 4.69) is 45.9 Å². The molecule has 0 aromatic heterocycles. The molecule has 2 fully saturated rings. The van der Waals surface area contributed by atoms with Crippen molar-refractivity contribution in [3.05, 3.63) is 77.5 Å². The van der Waals surface area contributed by atoms with Gasteiger partial charge in [-0.2, -0.15) is 0 Å². The maximum absolute atomic E-state index is 13.8. The van der Waals surface area contributed by atoms with Crippen LogP contribution in [0.1, 0.15) is 30.9 Å². The summed E-state index contributed by atoms with van der Waals surface area (Å²) in [7, 11) is 0. The van der Waals surface area contributed by atoms with Gasteiger partial charge in [-0.3, -0.25) is 19.4 Å². The van der Waals surface area contributed by atoms with Crippen molar-refractivity contribution in [1.82, 2.24) is 19.6 Å². The van der Waals surface area contributed by atoms with Crippen LogP contribution in [-0.4, -0.2) is 83.3 Å². The van der Waals surface area contributed by atoms with Crippen molar-refractivity contribution < 1.29 is 9.59 Å². The van der Waals surface area contributed by atoms with Crippen LogP contribution in [0.25, 0.3) is 5.57 Å². The molecule has 3 aliphatic rings. The number of likely N-dealkylation sites (N-methyl/N-ethyl adjacent to an activating group) is 1. The zero-order valence-electron chi connectivity index (χ0n) is 20.0. The molecule has 2 aromatic carbocycles. The Morgan fingerprint density at radius 3 is 1.97 bits per heavy atom. The number of carbonyl (C=O) groups excluding carboxylic acids is 2. The second-order valence-electron chi connectivity index (χ2n) is 9.48. The number of nitrogens with zero attached hydrogens (tertiary/aromatic N) is 4. The average molecular weight is 459 g/mol. The molecule has 0 bridgehead atoms. The summed E-state index contributed by atoms with van der Waals surface area (Å²) in [5.41, 5.74) is 3.34. The molecule has 6 nitrogen and oxygen atoms in total. The fraction of sp³-hybridized carbons (Fsp3) is 0.429. The van der Waals surface area contributed by atoms with Crippen LogP contribution in [0.2, 0.25) is 0 Å². The predicted molar refractivity (Wildman–Crippen MR) is 134 cm³/mol. The van der Waals surface area contributed by atoms with Gasteiger partial charge in [0.25, 0.3) is 11.8 Å². The quantitative estimate of drug-likeness (QED) is 0.623. The number of piperazine rings is 1. The monoisotopic (exact) mass is 458 g/mol. The third-order valence-electron chi connectivity index (χ3n) is 7.46. The van der Waals surface area contributed by atoms with Gasteiger partial charge in [-0.1, -0.05) is 67.6 Å². The highest BCUT2D eigenvalue weighted by Crippen LogP contribution is 2.35. The number of amides is 2. The van der Waals surface area contributed by atoms with Crippen LogP contribution in [0.3, 0.4) is 0 Å². The molecule has 2 saturated heterocycles. The Labute approximate surface area is 202 Å². The molecule has 2 aromatic rings. The van der Waals surface area contributed by atoms with Gasteiger partial charge in [-0.25, -0.2) is 0 Å². The Bertz CT molecular complexity index is 1040. The number of imide groups is 1. The largest absolute Gasteiger partial charge is 0.364 e. The number of hydrogen-bond acceptors (Lipinski definition) is 5. The lowest BCUT2D eigenvalue weighted by Gasteiger charge is -2.37. The second kappa shape index (κ2) is 10.1. The van der Waals surface area contributed by atoms with Crippen molar-refractivity contribution in [1.29, 1.82) is 0 Å². The first-order valence-corrected chi connectivity index (χ1v) is 12.6. The standard InChI is InChI=1S/C28H34N4O2/c1-2-29-17-19-31(20-18-29)26-25(23-11-7-4-8-12-23)27(33)32(28(26)34)24-13-15-30(16-14-24)21-22-9-5-3-6-10-22/h3-12,24H,2,13-21H2,1H3. The zero-order valence-corrected chi connectivity index (χ0v) is 20.0. The molecule has 0 aliphatic carbocycles. The highest BCUT2D eigenvalue weighted by Gasteiger charge is 2.45. The normalized spacial score (nSPS) is 21.1. The number of benzene rings is 2. The van der Waals surface area contributed by atoms with Crippen LogP contribution in [0, 0.1) is 0 Å². The molecule has 0 saturated carbocycles. The molecule has 0 radical (unpaired) electrons. The van der Waals surface area contributed by atoms with Gasteiger partial charge < -0.3 is 9.80 Å². The van der Waals surface area contributed by atoms with Crippen LogP contribution in [0.5, 0.6) is 0 Å². The van der Waals surface area contributed by atoms with Crippen LogP contribution in [0.4, 0.5) is 0 Å². The highest BCUT2D eigenvalue weighted by molar-refractivity contribution is 6.35. The summed E-state index contributed by atoms with van der Waals surface area (Å²) in [5.74, 6) is -0.221. The van der Waals surface area contributed by atoms with Gasteiger partial charge in [0.05, 0.1) is 5.57 Å². The molecule has 3 aliphatic heterocycles. The number of carbonyl (C=O) groups is 2. The van der Waals surface area contributed by atoms with E-state index in [0.29, 0.717) is 11.3 Å². The van der Waals surface area contributed by atoms with E-state index < -0.39 is 0 Å². The Balaban J connectivity index is 1.34. The summed E-state index contributed by atoms with van der Waals surface area (Å²) in [5, 5.41) is 0. The lowest BCUT2D eigenvalue weighted by atomic mass is 10.0. The fourth-order valence-electron chi connectivity index (χ4n) is 5.49. The smallest absolute Gasteiger partial charge is 0.278 e. The molecule has 0 unspecified atom stereocenters. The third kappa shape index (κ3) is 4.52. The molecule has 0 N–H and O–H groups in total. The first-order valence-electron chi connectivity index (χ1n) is 12.6. The van der Waals surface area contributed by atoms with Crippen molar-refractivity contribution in [2.45, 2.75) is 32.4 Å². The first-order chi connectivity index (χ1) is 16.7. The maximum Gasteiger partial charge on any atom is 0.278 e. The Morgan fingerprint density at radius 2 is 1.35 bits per heavy atom. The minimum atomic E-state index is -0.120. The molecular formula is C28H34N4O2. The number of hydrogen-bond donors (Lipinski definition) is 0. The summed E-state index contributed by atoms with van der Waals surface area (Å²) >= 11 is 0. The molecule has 0 spiro atoms. The molecular weight excluding hydrogens is 424 g/mol. The third-order valence-corrected chi connectivity index (χ3v) is 7.46. The van der Waals surface area contributed by atoms with Gasteiger partial charge in [0, 0.05) is 51.9 Å². The van der Waals surface area contributed by atoms with Crippen molar-refractivity contribution in [3.63, 3.8) is 0 Å². The molecule has 0 atom stereocenters. The summed E-state index contributed by atoms with van der Waals surface area (Å²) in [6, 6.07) is 20.2. The van der Waals surface area contributed by atoms with E-state index >= 15 is 0 Å². The van der Waals surface area contributed by atoms with E-state index in [4.69, 9.17) is 0 Å². The highest BCUT2D eigenvalue weighted by atomic mass is 16.2. The van der Waals surface area contributed by atoms with E-state index in [1.54, 1.807) is 4.90 Å². The van der Waals surface area contributed by atoms with Gasteiger partial charge in [0.1, 0.15) is 5.70 Å². The SMILES string of the molecule is CCN1CCN(C2=C(c3ccccc3)C(=O)N(C3CCN(Cc4ccccc4)CC3)C2=O)CC1. The zero-order chi connectivity index (χ0) is 23.5. The summed E-state index contributed by atoms with van der Waals surface area (Å²) in [6.45, 7) is 9.27. The Hall–Kier alpha value is -2.96. The summed E-state index contributed by atoms with van der Waals surface area (Å²) in [4.78, 5) is 36.1. The van der Waals surface area contributed by atoms with E-state index in [0.717, 1.165) is 70.8 Å². The van der Waals surface area contributed by atoms with Gasteiger partial charge in [-0.15, -0.1) is 0 Å². The van der Waals surface area contributed by atoms with Crippen molar-refractivity contribution >= 4 is 17.4 Å². The summed E-state index contributed by atoms with van der Waals surface area (Å²) in [6.07, 6.45) is 1.65. The molecule has 3 heterocycles. The summed E-state index contributed by atoms with van der Waals surface area (Å²) < 4.78 is 0. The molecule has 178 valence electrons. The van der Waals surface area contributed by atoms with E-state index in [9.17, 15) is 9.59 Å². The van der Waals surface area contributed by atoms with Crippen molar-refractivity contribution in [3.8, 4) is 0 Å². The minimum Gasteiger partial charge on any atom is -0.364 e. The average Bonchev–Trinajstić information content (AvgIpc) is 3.15. The predicted octanol–water partition coefficient (Wildman–Crippen LogP) is 3.07. The Kier molecular flexibility index (Phi) is 6.79. The van der Waals surface area contributed by atoms with E-state index in [-0.39, 0.29) is 17.9 Å².